The van der Waals surface area contributed by atoms with Crippen LogP contribution in [0.4, 0.5) is 11.4 Å². The number of hydrogen-bond donors (Lipinski definition) is 1. The molecule has 0 bridgehead atoms. The van der Waals surface area contributed by atoms with Gasteiger partial charge in [0, 0.05) is 33.4 Å². The lowest BCUT2D eigenvalue weighted by Crippen LogP contribution is -2.13. The SMILES string of the molecule is Cc1ccc(NC(=O)/C(C#N)=C/c2cc(Cl)ccc2OCc2cccc([N+](=O)[O-])c2)cc1Cl. The van der Waals surface area contributed by atoms with Crippen molar-refractivity contribution in [1.82, 2.24) is 0 Å². The molecule has 3 rings (SSSR count). The van der Waals surface area contributed by atoms with Crippen molar-refractivity contribution in [1.29, 1.82) is 5.26 Å². The second kappa shape index (κ2) is 10.6. The molecular weight excluding hydrogens is 465 g/mol. The molecule has 0 radical (unpaired) electrons. The fraction of sp³-hybridized carbons (Fsp3) is 0.0833. The lowest BCUT2D eigenvalue weighted by atomic mass is 10.1. The number of ether oxygens (including phenoxy) is 1. The third-order valence-electron chi connectivity index (χ3n) is 4.58. The quantitative estimate of drug-likeness (QED) is 0.183. The molecule has 3 aromatic rings. The van der Waals surface area contributed by atoms with Crippen molar-refractivity contribution >= 4 is 46.6 Å². The fourth-order valence-corrected chi connectivity index (χ4v) is 3.22. The van der Waals surface area contributed by atoms with E-state index in [9.17, 15) is 20.2 Å². The largest absolute Gasteiger partial charge is 0.488 e. The molecule has 166 valence electrons. The number of nitriles is 1. The number of carbonyl (C=O) groups is 1. The smallest absolute Gasteiger partial charge is 0.269 e. The number of non-ortho nitro benzene ring substituents is 1. The molecule has 0 atom stereocenters. The molecule has 0 saturated carbocycles. The van der Waals surface area contributed by atoms with Gasteiger partial charge in [-0.05, 0) is 54.5 Å². The van der Waals surface area contributed by atoms with Crippen molar-refractivity contribution in [3.8, 4) is 11.8 Å². The van der Waals surface area contributed by atoms with Gasteiger partial charge in [-0.25, -0.2) is 0 Å². The van der Waals surface area contributed by atoms with E-state index in [2.05, 4.69) is 5.32 Å². The van der Waals surface area contributed by atoms with Gasteiger partial charge in [0.25, 0.3) is 11.6 Å². The standard InChI is InChI=1S/C24H17Cl2N3O4/c1-15-5-7-20(12-22(15)26)28-24(30)18(13-27)10-17-11-19(25)6-8-23(17)33-14-16-3-2-4-21(9-16)29(31)32/h2-12H,14H2,1H3,(H,28,30)/b18-10+. The fourth-order valence-electron chi connectivity index (χ4n) is 2.86. The number of anilines is 1. The van der Waals surface area contributed by atoms with E-state index in [0.29, 0.717) is 32.6 Å². The molecule has 7 nitrogen and oxygen atoms in total. The van der Waals surface area contributed by atoms with Gasteiger partial charge in [-0.15, -0.1) is 0 Å². The highest BCUT2D eigenvalue weighted by Crippen LogP contribution is 2.27. The van der Waals surface area contributed by atoms with Gasteiger partial charge in [-0.3, -0.25) is 14.9 Å². The Morgan fingerprint density at radius 1 is 1.18 bits per heavy atom. The van der Waals surface area contributed by atoms with Crippen molar-refractivity contribution in [2.75, 3.05) is 5.32 Å². The van der Waals surface area contributed by atoms with Crippen LogP contribution in [0.5, 0.6) is 5.75 Å². The Balaban J connectivity index is 1.83. The van der Waals surface area contributed by atoms with Crippen LogP contribution in [0.2, 0.25) is 10.0 Å². The number of halogens is 2. The van der Waals surface area contributed by atoms with Crippen molar-refractivity contribution in [2.24, 2.45) is 0 Å². The third kappa shape index (κ3) is 6.32. The Bertz CT molecular complexity index is 1300. The summed E-state index contributed by atoms with van der Waals surface area (Å²) in [6.45, 7) is 1.88. The summed E-state index contributed by atoms with van der Waals surface area (Å²) in [7, 11) is 0. The summed E-state index contributed by atoms with van der Waals surface area (Å²) in [5.74, 6) is -0.271. The molecule has 1 amide bonds. The summed E-state index contributed by atoms with van der Waals surface area (Å²) >= 11 is 12.2. The second-order valence-electron chi connectivity index (χ2n) is 6.99. The summed E-state index contributed by atoms with van der Waals surface area (Å²) in [6, 6.07) is 17.7. The van der Waals surface area contributed by atoms with Crippen molar-refractivity contribution in [3.63, 3.8) is 0 Å². The van der Waals surface area contributed by atoms with Gasteiger partial charge in [-0.1, -0.05) is 41.4 Å². The first-order valence-corrected chi connectivity index (χ1v) is 10.4. The number of nitro benzene ring substituents is 1. The molecule has 33 heavy (non-hydrogen) atoms. The molecular formula is C24H17Cl2N3O4. The highest BCUT2D eigenvalue weighted by molar-refractivity contribution is 6.31. The van der Waals surface area contributed by atoms with Gasteiger partial charge in [0.05, 0.1) is 4.92 Å². The van der Waals surface area contributed by atoms with Crippen molar-refractivity contribution < 1.29 is 14.5 Å². The number of aryl methyl sites for hydroxylation is 1. The van der Waals surface area contributed by atoms with E-state index < -0.39 is 10.8 Å². The average molecular weight is 482 g/mol. The molecule has 1 N–H and O–H groups in total. The Labute approximate surface area is 200 Å². The lowest BCUT2D eigenvalue weighted by molar-refractivity contribution is -0.384. The van der Waals surface area contributed by atoms with E-state index in [-0.39, 0.29) is 17.9 Å². The van der Waals surface area contributed by atoms with Crippen LogP contribution in [-0.4, -0.2) is 10.8 Å². The first-order valence-electron chi connectivity index (χ1n) is 9.62. The summed E-state index contributed by atoms with van der Waals surface area (Å²) in [6.07, 6.45) is 1.36. The maximum atomic E-state index is 12.6. The van der Waals surface area contributed by atoms with E-state index >= 15 is 0 Å². The number of benzene rings is 3. The average Bonchev–Trinajstić information content (AvgIpc) is 2.79. The van der Waals surface area contributed by atoms with Gasteiger partial charge in [-0.2, -0.15) is 5.26 Å². The number of nitrogens with one attached hydrogen (secondary N) is 1. The normalized spacial score (nSPS) is 10.9. The number of amides is 1. The number of nitro groups is 1. The van der Waals surface area contributed by atoms with Crippen LogP contribution in [0.1, 0.15) is 16.7 Å². The van der Waals surface area contributed by atoms with E-state index in [1.807, 2.05) is 13.0 Å². The van der Waals surface area contributed by atoms with Crippen LogP contribution in [0, 0.1) is 28.4 Å². The molecule has 0 aliphatic heterocycles. The maximum Gasteiger partial charge on any atom is 0.269 e. The van der Waals surface area contributed by atoms with Gasteiger partial charge in [0.2, 0.25) is 0 Å². The highest BCUT2D eigenvalue weighted by Gasteiger charge is 2.13. The summed E-state index contributed by atoms with van der Waals surface area (Å²) in [5.41, 5.74) is 2.08. The second-order valence-corrected chi connectivity index (χ2v) is 7.83. The summed E-state index contributed by atoms with van der Waals surface area (Å²) in [5, 5.41) is 24.0. The molecule has 0 unspecified atom stereocenters. The van der Waals surface area contributed by atoms with Crippen LogP contribution in [0.25, 0.3) is 6.08 Å². The van der Waals surface area contributed by atoms with Crippen LogP contribution in [0.15, 0.2) is 66.2 Å². The highest BCUT2D eigenvalue weighted by atomic mass is 35.5. The van der Waals surface area contributed by atoms with E-state index in [1.54, 1.807) is 48.5 Å². The van der Waals surface area contributed by atoms with Gasteiger partial charge in [0.15, 0.2) is 0 Å². The Kier molecular flexibility index (Phi) is 7.67. The van der Waals surface area contributed by atoms with E-state index in [1.165, 1.54) is 18.2 Å². The number of rotatable bonds is 7. The van der Waals surface area contributed by atoms with Crippen LogP contribution in [-0.2, 0) is 11.4 Å². The third-order valence-corrected chi connectivity index (χ3v) is 5.22. The van der Waals surface area contributed by atoms with Crippen LogP contribution in [0.3, 0.4) is 0 Å². The molecule has 0 fully saturated rings. The zero-order valence-corrected chi connectivity index (χ0v) is 18.9. The Morgan fingerprint density at radius 2 is 1.97 bits per heavy atom. The van der Waals surface area contributed by atoms with Gasteiger partial charge >= 0.3 is 0 Å². The number of nitrogens with zero attached hydrogens (tertiary/aromatic N) is 2. The molecule has 0 saturated heterocycles. The molecule has 0 aliphatic carbocycles. The first kappa shape index (κ1) is 23.8. The Hall–Kier alpha value is -3.86. The monoisotopic (exact) mass is 481 g/mol. The molecule has 0 aliphatic rings. The van der Waals surface area contributed by atoms with Gasteiger partial charge < -0.3 is 10.1 Å². The van der Waals surface area contributed by atoms with Gasteiger partial charge in [0.1, 0.15) is 24.0 Å². The van der Waals surface area contributed by atoms with Crippen LogP contribution >= 0.6 is 23.2 Å². The zero-order chi connectivity index (χ0) is 24.0. The summed E-state index contributed by atoms with van der Waals surface area (Å²) in [4.78, 5) is 23.1. The number of carbonyl (C=O) groups excluding carboxylic acids is 1. The minimum absolute atomic E-state index is 0.0418. The molecule has 0 aromatic heterocycles. The minimum Gasteiger partial charge on any atom is -0.488 e. The minimum atomic E-state index is -0.623. The van der Waals surface area contributed by atoms with E-state index in [4.69, 9.17) is 27.9 Å². The lowest BCUT2D eigenvalue weighted by Gasteiger charge is -2.11. The molecule has 0 heterocycles. The zero-order valence-electron chi connectivity index (χ0n) is 17.3. The van der Waals surface area contributed by atoms with Crippen molar-refractivity contribution in [2.45, 2.75) is 13.5 Å². The molecule has 0 spiro atoms. The van der Waals surface area contributed by atoms with Crippen LogP contribution < -0.4 is 10.1 Å². The topological polar surface area (TPSA) is 105 Å². The molecule has 3 aromatic carbocycles. The maximum absolute atomic E-state index is 12.6. The van der Waals surface area contributed by atoms with Crippen molar-refractivity contribution in [3.05, 3.63) is 103 Å². The first-order chi connectivity index (χ1) is 15.8. The predicted octanol–water partition coefficient (Wildman–Crippen LogP) is 6.33. The predicted molar refractivity (Wildman–Crippen MR) is 127 cm³/mol. The summed E-state index contributed by atoms with van der Waals surface area (Å²) < 4.78 is 5.80. The number of hydrogen-bond acceptors (Lipinski definition) is 5. The molecule has 9 heteroatoms. The van der Waals surface area contributed by atoms with E-state index in [0.717, 1.165) is 5.56 Å². The Morgan fingerprint density at radius 3 is 2.67 bits per heavy atom.